The molecule has 0 unspecified atom stereocenters. The molecule has 1 saturated carbocycles. The number of anilines is 1. The molecule has 1 aromatic carbocycles. The van der Waals surface area contributed by atoms with Crippen LogP contribution in [-0.2, 0) is 19.1 Å². The molecule has 3 saturated heterocycles. The van der Waals surface area contributed by atoms with Gasteiger partial charge in [-0.3, -0.25) is 19.3 Å². The third kappa shape index (κ3) is 5.96. The number of ether oxygens (including phenoxy) is 2. The van der Waals surface area contributed by atoms with Gasteiger partial charge in [0.05, 0.1) is 18.3 Å². The van der Waals surface area contributed by atoms with E-state index in [1.807, 2.05) is 12.1 Å². The molecule has 3 N–H and O–H groups in total. The number of nitrogens with zero attached hydrogens (tertiary/aromatic N) is 4. The minimum absolute atomic E-state index is 0.0222. The van der Waals surface area contributed by atoms with E-state index in [0.717, 1.165) is 81.4 Å². The highest BCUT2D eigenvalue weighted by Crippen LogP contribution is 2.33. The number of rotatable bonds is 9. The lowest BCUT2D eigenvalue weighted by molar-refractivity contribution is -0.139. The Morgan fingerprint density at radius 1 is 1.17 bits per heavy atom. The van der Waals surface area contributed by atoms with Crippen LogP contribution >= 0.6 is 11.3 Å². The highest BCUT2D eigenvalue weighted by atomic mass is 32.1. The van der Waals surface area contributed by atoms with E-state index in [0.29, 0.717) is 5.56 Å². The predicted octanol–water partition coefficient (Wildman–Crippen LogP) is 1.37. The van der Waals surface area contributed by atoms with Crippen LogP contribution in [0, 0.1) is 5.92 Å². The first-order chi connectivity index (χ1) is 20.4. The minimum Gasteiger partial charge on any atom is -0.383 e. The van der Waals surface area contributed by atoms with Gasteiger partial charge in [-0.1, -0.05) is 25.0 Å². The molecule has 6 rings (SSSR count). The number of carbonyl (C=O) groups is 3. The first-order valence-electron chi connectivity index (χ1n) is 15.0. The zero-order valence-corrected chi connectivity index (χ0v) is 24.9. The highest BCUT2D eigenvalue weighted by molar-refractivity contribution is 7.14. The van der Waals surface area contributed by atoms with Crippen molar-refractivity contribution in [3.8, 4) is 11.3 Å². The Labute approximate surface area is 250 Å². The second-order valence-electron chi connectivity index (χ2n) is 11.8. The molecular weight excluding hydrogens is 556 g/mol. The summed E-state index contributed by atoms with van der Waals surface area (Å²) in [6, 6.07) is 5.61. The van der Waals surface area contributed by atoms with Crippen LogP contribution in [0.15, 0.2) is 29.6 Å². The third-order valence-electron chi connectivity index (χ3n) is 9.12. The van der Waals surface area contributed by atoms with E-state index in [9.17, 15) is 14.4 Å². The van der Waals surface area contributed by atoms with Crippen LogP contribution in [0.1, 0.15) is 36.0 Å². The topological polar surface area (TPSA) is 130 Å². The van der Waals surface area contributed by atoms with Gasteiger partial charge in [0.2, 0.25) is 5.91 Å². The number of amides is 2. The number of hydrogen-bond donors (Lipinski definition) is 2. The van der Waals surface area contributed by atoms with Crippen LogP contribution in [0.25, 0.3) is 11.3 Å². The van der Waals surface area contributed by atoms with Gasteiger partial charge >= 0.3 is 0 Å². The second kappa shape index (κ2) is 12.8. The van der Waals surface area contributed by atoms with Crippen LogP contribution in [0.4, 0.5) is 5.13 Å². The molecule has 226 valence electrons. The molecule has 0 radical (unpaired) electrons. The summed E-state index contributed by atoms with van der Waals surface area (Å²) in [6.45, 7) is 5.77. The Balaban J connectivity index is 1.10. The number of likely N-dealkylation sites (tertiary alicyclic amines) is 1. The van der Waals surface area contributed by atoms with Gasteiger partial charge < -0.3 is 30.3 Å². The smallest absolute Gasteiger partial charge is 0.251 e. The lowest BCUT2D eigenvalue weighted by Gasteiger charge is -2.34. The molecule has 42 heavy (non-hydrogen) atoms. The molecule has 2 aromatic rings. The Morgan fingerprint density at radius 2 is 1.90 bits per heavy atom. The Kier molecular flexibility index (Phi) is 8.87. The van der Waals surface area contributed by atoms with Crippen LogP contribution in [0.2, 0.25) is 0 Å². The first-order valence-corrected chi connectivity index (χ1v) is 15.8. The molecule has 11 nitrogen and oxygen atoms in total. The van der Waals surface area contributed by atoms with Crippen molar-refractivity contribution in [2.24, 2.45) is 11.7 Å². The number of fused-ring (bicyclic) bond motifs is 1. The van der Waals surface area contributed by atoms with Crippen molar-refractivity contribution in [2.75, 3.05) is 64.5 Å². The maximum atomic E-state index is 13.8. The Morgan fingerprint density at radius 3 is 2.62 bits per heavy atom. The van der Waals surface area contributed by atoms with Gasteiger partial charge in [0.1, 0.15) is 24.8 Å². The lowest BCUT2D eigenvalue weighted by atomic mass is 9.95. The number of ketones is 1. The van der Waals surface area contributed by atoms with Crippen molar-refractivity contribution in [3.63, 3.8) is 0 Å². The summed E-state index contributed by atoms with van der Waals surface area (Å²) in [5.74, 6) is -0.624. The summed E-state index contributed by atoms with van der Waals surface area (Å²) < 4.78 is 10.8. The molecule has 4 aliphatic rings. The van der Waals surface area contributed by atoms with Gasteiger partial charge in [-0.15, -0.1) is 11.3 Å². The average molecular weight is 597 g/mol. The van der Waals surface area contributed by atoms with Crippen LogP contribution in [0.5, 0.6) is 0 Å². The van der Waals surface area contributed by atoms with Gasteiger partial charge in [-0.05, 0) is 30.9 Å². The zero-order chi connectivity index (χ0) is 29.2. The number of carbonyl (C=O) groups excluding carboxylic acids is 3. The van der Waals surface area contributed by atoms with Crippen LogP contribution < -0.4 is 16.0 Å². The number of nitrogens with two attached hydrogens (primary N) is 1. The van der Waals surface area contributed by atoms with E-state index in [1.54, 1.807) is 35.5 Å². The first kappa shape index (κ1) is 29.2. The van der Waals surface area contributed by atoms with E-state index in [2.05, 4.69) is 20.5 Å². The summed E-state index contributed by atoms with van der Waals surface area (Å²) in [4.78, 5) is 50.9. The van der Waals surface area contributed by atoms with Crippen molar-refractivity contribution in [2.45, 2.75) is 49.9 Å². The number of nitrogens with one attached hydrogen (secondary N) is 1. The minimum atomic E-state index is -0.699. The second-order valence-corrected chi connectivity index (χ2v) is 12.6. The van der Waals surface area contributed by atoms with E-state index in [1.165, 1.54) is 0 Å². The fourth-order valence-electron chi connectivity index (χ4n) is 6.71. The predicted molar refractivity (Wildman–Crippen MR) is 160 cm³/mol. The summed E-state index contributed by atoms with van der Waals surface area (Å²) in [6.07, 6.45) is 3.30. The standard InChI is InChI=1S/C30H40N6O5S/c1-40-15-14-34-10-12-35(13-11-34)30-32-23(18-42-30)19-6-8-21(9-7-19)28(38)33-25(20-4-2-3-5-20)29(39)36-16-22(31)27-26(36)24(37)17-41-27/h6-9,18,20,22,25-27H,2-5,10-17,31H2,1H3,(H,33,38)/t22-,25-,26+,27-/m0/s1. The summed E-state index contributed by atoms with van der Waals surface area (Å²) in [5, 5.41) is 6.09. The van der Waals surface area contributed by atoms with Crippen molar-refractivity contribution in [1.82, 2.24) is 20.1 Å². The van der Waals surface area contributed by atoms with Gasteiger partial charge in [-0.25, -0.2) is 4.98 Å². The monoisotopic (exact) mass is 596 g/mol. The molecule has 12 heteroatoms. The molecule has 4 fully saturated rings. The number of aromatic nitrogens is 1. The molecule has 0 bridgehead atoms. The van der Waals surface area contributed by atoms with Crippen molar-refractivity contribution < 1.29 is 23.9 Å². The number of methoxy groups -OCH3 is 1. The summed E-state index contributed by atoms with van der Waals surface area (Å²) >= 11 is 1.63. The van der Waals surface area contributed by atoms with Gasteiger partial charge in [-0.2, -0.15) is 0 Å². The van der Waals surface area contributed by atoms with E-state index in [-0.39, 0.29) is 36.7 Å². The molecule has 1 aromatic heterocycles. The molecule has 3 aliphatic heterocycles. The van der Waals surface area contributed by atoms with Crippen LogP contribution in [-0.4, -0.2) is 116 Å². The zero-order valence-electron chi connectivity index (χ0n) is 24.1. The quantitative estimate of drug-likeness (QED) is 0.441. The largest absolute Gasteiger partial charge is 0.383 e. The molecule has 4 atom stereocenters. The number of thiazole rings is 1. The van der Waals surface area contributed by atoms with E-state index < -0.39 is 24.2 Å². The SMILES string of the molecule is COCCN1CCN(c2nc(-c3ccc(C(=O)N[C@H](C(=O)N4C[C@H](N)[C@@H]5OCC(=O)[C@H]54)C4CCCC4)cc3)cs2)CC1. The van der Waals surface area contributed by atoms with Gasteiger partial charge in [0, 0.05) is 62.9 Å². The summed E-state index contributed by atoms with van der Waals surface area (Å²) in [5.41, 5.74) is 8.51. The maximum Gasteiger partial charge on any atom is 0.251 e. The summed E-state index contributed by atoms with van der Waals surface area (Å²) in [7, 11) is 1.73. The number of Topliss-reactive ketones (excluding diaryl/α,β-unsaturated/α-hetero) is 1. The molecular formula is C30H40N6O5S. The normalized spacial score (nSPS) is 25.7. The van der Waals surface area contributed by atoms with Crippen molar-refractivity contribution in [1.29, 1.82) is 0 Å². The molecule has 2 amide bonds. The molecule has 4 heterocycles. The number of benzene rings is 1. The number of piperazine rings is 1. The van der Waals surface area contributed by atoms with E-state index >= 15 is 0 Å². The van der Waals surface area contributed by atoms with E-state index in [4.69, 9.17) is 20.2 Å². The van der Waals surface area contributed by atoms with Gasteiger partial charge in [0.25, 0.3) is 5.91 Å². The molecule has 0 spiro atoms. The Hall–Kier alpha value is -2.90. The van der Waals surface area contributed by atoms with Crippen molar-refractivity contribution >= 4 is 34.1 Å². The number of hydrogen-bond acceptors (Lipinski definition) is 10. The fourth-order valence-corrected chi connectivity index (χ4v) is 7.60. The highest BCUT2D eigenvalue weighted by Gasteiger charge is 2.52. The molecule has 1 aliphatic carbocycles. The van der Waals surface area contributed by atoms with Crippen molar-refractivity contribution in [3.05, 3.63) is 35.2 Å². The van der Waals surface area contributed by atoms with Crippen LogP contribution in [0.3, 0.4) is 0 Å². The van der Waals surface area contributed by atoms with Gasteiger partial charge in [0.15, 0.2) is 10.9 Å². The lowest BCUT2D eigenvalue weighted by Crippen LogP contribution is -2.54. The Bertz CT molecular complexity index is 1270. The maximum absolute atomic E-state index is 13.8. The average Bonchev–Trinajstić information content (AvgIpc) is 3.83. The third-order valence-corrected chi connectivity index (χ3v) is 10.0. The fraction of sp³-hybridized carbons (Fsp3) is 0.600.